The van der Waals surface area contributed by atoms with E-state index >= 15 is 0 Å². The molecule has 1 aromatic heterocycles. The molecule has 0 spiro atoms. The fourth-order valence-electron chi connectivity index (χ4n) is 0.434. The third-order valence-corrected chi connectivity index (χ3v) is 1.34. The molecule has 0 fully saturated rings. The lowest BCUT2D eigenvalue weighted by Crippen LogP contribution is -1.69. The van der Waals surface area contributed by atoms with Gasteiger partial charge >= 0.3 is 0 Å². The van der Waals surface area contributed by atoms with Gasteiger partial charge in [-0.15, -0.1) is 0 Å². The van der Waals surface area contributed by atoms with Crippen molar-refractivity contribution in [2.45, 2.75) is 13.8 Å². The molecule has 0 atom stereocenters. The molecule has 8 heavy (non-hydrogen) atoms. The van der Waals surface area contributed by atoms with E-state index in [1.54, 1.807) is 0 Å². The molecule has 0 radical (unpaired) electrons. The first-order chi connectivity index (χ1) is 3.70. The van der Waals surface area contributed by atoms with Crippen LogP contribution in [0, 0.1) is 13.8 Å². The summed E-state index contributed by atoms with van der Waals surface area (Å²) in [6, 6.07) is 0. The van der Waals surface area contributed by atoms with Crippen LogP contribution in [0.25, 0.3) is 0 Å². The minimum absolute atomic E-state index is 0.563. The van der Waals surface area contributed by atoms with Crippen molar-refractivity contribution in [1.82, 2.24) is 4.98 Å². The molecular formula is C5H6BrNO. The Hall–Kier alpha value is -0.310. The van der Waals surface area contributed by atoms with E-state index in [0.29, 0.717) is 4.80 Å². The summed E-state index contributed by atoms with van der Waals surface area (Å²) >= 11 is 3.11. The standard InChI is InChI=1S/C5H6BrNO/c1-3-4(2)8-5(6)7-3/h1-2H3. The van der Waals surface area contributed by atoms with Crippen molar-refractivity contribution in [2.75, 3.05) is 0 Å². The maximum absolute atomic E-state index is 5.02. The average molecular weight is 176 g/mol. The van der Waals surface area contributed by atoms with Gasteiger partial charge in [0.25, 0.3) is 4.80 Å². The number of nitrogens with zero attached hydrogens (tertiary/aromatic N) is 1. The molecule has 0 saturated carbocycles. The van der Waals surface area contributed by atoms with Crippen LogP contribution in [-0.4, -0.2) is 4.98 Å². The largest absolute Gasteiger partial charge is 0.436 e. The normalized spacial score (nSPS) is 9.88. The third kappa shape index (κ3) is 0.916. The Morgan fingerprint density at radius 2 is 2.12 bits per heavy atom. The zero-order chi connectivity index (χ0) is 6.15. The van der Waals surface area contributed by atoms with Crippen LogP contribution in [0.1, 0.15) is 11.5 Å². The summed E-state index contributed by atoms with van der Waals surface area (Å²) in [5.41, 5.74) is 0.942. The summed E-state index contributed by atoms with van der Waals surface area (Å²) in [5, 5.41) is 0. The van der Waals surface area contributed by atoms with Crippen molar-refractivity contribution in [3.8, 4) is 0 Å². The Morgan fingerprint density at radius 3 is 2.25 bits per heavy atom. The van der Waals surface area contributed by atoms with Gasteiger partial charge in [-0.1, -0.05) is 0 Å². The topological polar surface area (TPSA) is 26.0 Å². The summed E-state index contributed by atoms with van der Waals surface area (Å²) < 4.78 is 5.02. The predicted octanol–water partition coefficient (Wildman–Crippen LogP) is 2.05. The molecule has 0 aliphatic heterocycles. The highest BCUT2D eigenvalue weighted by atomic mass is 79.9. The van der Waals surface area contributed by atoms with Crippen molar-refractivity contribution >= 4 is 15.9 Å². The zero-order valence-corrected chi connectivity index (χ0v) is 6.32. The number of hydrogen-bond acceptors (Lipinski definition) is 2. The number of aromatic nitrogens is 1. The molecule has 0 amide bonds. The van der Waals surface area contributed by atoms with Crippen molar-refractivity contribution in [1.29, 1.82) is 0 Å². The Labute approximate surface area is 56.0 Å². The van der Waals surface area contributed by atoms with Crippen LogP contribution < -0.4 is 0 Å². The molecule has 2 nitrogen and oxygen atoms in total. The predicted molar refractivity (Wildman–Crippen MR) is 33.7 cm³/mol. The van der Waals surface area contributed by atoms with E-state index in [4.69, 9.17) is 4.42 Å². The van der Waals surface area contributed by atoms with E-state index < -0.39 is 0 Å². The van der Waals surface area contributed by atoms with Gasteiger partial charge in [0.1, 0.15) is 5.76 Å². The van der Waals surface area contributed by atoms with Crippen molar-refractivity contribution in [2.24, 2.45) is 0 Å². The lowest BCUT2D eigenvalue weighted by atomic mass is 10.4. The molecule has 0 aliphatic carbocycles. The molecule has 0 aromatic carbocycles. The van der Waals surface area contributed by atoms with Crippen LogP contribution in [0.15, 0.2) is 9.22 Å². The molecule has 3 heteroatoms. The van der Waals surface area contributed by atoms with Crippen LogP contribution in [-0.2, 0) is 0 Å². The quantitative estimate of drug-likeness (QED) is 0.604. The molecule has 1 heterocycles. The Morgan fingerprint density at radius 1 is 1.50 bits per heavy atom. The molecule has 0 aliphatic rings. The van der Waals surface area contributed by atoms with E-state index in [1.807, 2.05) is 13.8 Å². The third-order valence-electron chi connectivity index (χ3n) is 1.00. The fourth-order valence-corrected chi connectivity index (χ4v) is 0.942. The average Bonchev–Trinajstić information content (AvgIpc) is 1.85. The molecule has 0 saturated heterocycles. The minimum atomic E-state index is 0.563. The van der Waals surface area contributed by atoms with Crippen LogP contribution in [0.5, 0.6) is 0 Å². The first-order valence-corrected chi connectivity index (χ1v) is 3.09. The van der Waals surface area contributed by atoms with Gasteiger partial charge in [0.15, 0.2) is 0 Å². The number of aryl methyl sites for hydroxylation is 2. The highest BCUT2D eigenvalue weighted by molar-refractivity contribution is 9.10. The maximum atomic E-state index is 5.02. The van der Waals surface area contributed by atoms with E-state index in [1.165, 1.54) is 0 Å². The SMILES string of the molecule is Cc1nc(Br)oc1C. The van der Waals surface area contributed by atoms with Gasteiger partial charge in [-0.05, 0) is 13.8 Å². The molecule has 0 bridgehead atoms. The van der Waals surface area contributed by atoms with Gasteiger partial charge in [0.05, 0.1) is 5.69 Å². The summed E-state index contributed by atoms with van der Waals surface area (Å²) in [4.78, 5) is 4.52. The molecule has 1 aromatic rings. The number of rotatable bonds is 0. The second-order valence-electron chi connectivity index (χ2n) is 1.61. The van der Waals surface area contributed by atoms with Crippen molar-refractivity contribution < 1.29 is 4.42 Å². The first-order valence-electron chi connectivity index (χ1n) is 2.29. The number of halogens is 1. The molecule has 0 N–H and O–H groups in total. The summed E-state index contributed by atoms with van der Waals surface area (Å²) in [6.07, 6.45) is 0. The lowest BCUT2D eigenvalue weighted by molar-refractivity contribution is 0.499. The summed E-state index contributed by atoms with van der Waals surface area (Å²) in [5.74, 6) is 0.872. The van der Waals surface area contributed by atoms with Gasteiger partial charge in [-0.25, -0.2) is 4.98 Å². The van der Waals surface area contributed by atoms with E-state index in [2.05, 4.69) is 20.9 Å². The zero-order valence-electron chi connectivity index (χ0n) is 4.73. The molecule has 1 rings (SSSR count). The number of oxazole rings is 1. The van der Waals surface area contributed by atoms with Gasteiger partial charge in [-0.2, -0.15) is 0 Å². The Kier molecular flexibility index (Phi) is 1.38. The van der Waals surface area contributed by atoms with Gasteiger partial charge in [0.2, 0.25) is 0 Å². The maximum Gasteiger partial charge on any atom is 0.264 e. The Bertz CT molecular complexity index is 175. The minimum Gasteiger partial charge on any atom is -0.436 e. The summed E-state index contributed by atoms with van der Waals surface area (Å²) in [7, 11) is 0. The van der Waals surface area contributed by atoms with E-state index in [0.717, 1.165) is 11.5 Å². The van der Waals surface area contributed by atoms with Crippen molar-refractivity contribution in [3.63, 3.8) is 0 Å². The first kappa shape index (κ1) is 5.82. The Balaban J connectivity index is 3.14. The van der Waals surface area contributed by atoms with Crippen LogP contribution in [0.3, 0.4) is 0 Å². The smallest absolute Gasteiger partial charge is 0.264 e. The second kappa shape index (κ2) is 1.90. The van der Waals surface area contributed by atoms with E-state index in [9.17, 15) is 0 Å². The second-order valence-corrected chi connectivity index (χ2v) is 2.29. The van der Waals surface area contributed by atoms with Gasteiger partial charge in [-0.3, -0.25) is 0 Å². The van der Waals surface area contributed by atoms with Crippen LogP contribution in [0.4, 0.5) is 0 Å². The lowest BCUT2D eigenvalue weighted by Gasteiger charge is -1.76. The van der Waals surface area contributed by atoms with E-state index in [-0.39, 0.29) is 0 Å². The highest BCUT2D eigenvalue weighted by Crippen LogP contribution is 2.12. The van der Waals surface area contributed by atoms with Gasteiger partial charge < -0.3 is 4.42 Å². The fraction of sp³-hybridized carbons (Fsp3) is 0.400. The number of hydrogen-bond donors (Lipinski definition) is 0. The van der Waals surface area contributed by atoms with Crippen LogP contribution >= 0.6 is 15.9 Å². The van der Waals surface area contributed by atoms with Crippen molar-refractivity contribution in [3.05, 3.63) is 16.3 Å². The molecular weight excluding hydrogens is 170 g/mol. The molecule has 44 valence electrons. The highest BCUT2D eigenvalue weighted by Gasteiger charge is 1.98. The molecule has 0 unspecified atom stereocenters. The monoisotopic (exact) mass is 175 g/mol. The van der Waals surface area contributed by atoms with Gasteiger partial charge in [0, 0.05) is 15.9 Å². The summed E-state index contributed by atoms with van der Waals surface area (Å²) in [6.45, 7) is 3.79. The van der Waals surface area contributed by atoms with Crippen LogP contribution in [0.2, 0.25) is 0 Å².